The van der Waals surface area contributed by atoms with Crippen LogP contribution < -0.4 is 15.4 Å². The quantitative estimate of drug-likeness (QED) is 0.338. The van der Waals surface area contributed by atoms with Gasteiger partial charge in [0.1, 0.15) is 11.5 Å². The molecule has 32 heavy (non-hydrogen) atoms. The Hall–Kier alpha value is -3.25. The molecule has 3 aromatic carbocycles. The van der Waals surface area contributed by atoms with Crippen molar-refractivity contribution in [1.82, 2.24) is 0 Å². The summed E-state index contributed by atoms with van der Waals surface area (Å²) in [5.41, 5.74) is 1.46. The molecule has 1 unspecified atom stereocenters. The lowest BCUT2D eigenvalue weighted by molar-refractivity contribution is -0.116. The van der Waals surface area contributed by atoms with Crippen LogP contribution in [0.5, 0.6) is 11.5 Å². The number of rotatable bonds is 10. The van der Waals surface area contributed by atoms with Crippen molar-refractivity contribution in [3.63, 3.8) is 0 Å². The molecule has 3 aromatic rings. The number of carbonyl (C=O) groups excluding carboxylic acids is 2. The largest absolute Gasteiger partial charge is 0.457 e. The predicted octanol–water partition coefficient (Wildman–Crippen LogP) is 6.73. The lowest BCUT2D eigenvalue weighted by Gasteiger charge is -2.13. The van der Waals surface area contributed by atoms with Gasteiger partial charge in [0.2, 0.25) is 11.8 Å². The van der Waals surface area contributed by atoms with E-state index in [1.165, 1.54) is 11.8 Å². The third-order valence-corrected chi connectivity index (χ3v) is 5.75. The number of carbonyl (C=O) groups is 2. The molecule has 1 atom stereocenters. The van der Waals surface area contributed by atoms with E-state index in [0.29, 0.717) is 17.9 Å². The van der Waals surface area contributed by atoms with Gasteiger partial charge >= 0.3 is 0 Å². The second kappa shape index (κ2) is 12.0. The van der Waals surface area contributed by atoms with E-state index in [4.69, 9.17) is 4.74 Å². The lowest BCUT2D eigenvalue weighted by Crippen LogP contribution is -2.22. The van der Waals surface area contributed by atoms with Crippen molar-refractivity contribution >= 4 is 35.0 Å². The minimum Gasteiger partial charge on any atom is -0.457 e. The summed E-state index contributed by atoms with van der Waals surface area (Å²) in [4.78, 5) is 25.5. The summed E-state index contributed by atoms with van der Waals surface area (Å²) in [6, 6.07) is 24.4. The van der Waals surface area contributed by atoms with Crippen molar-refractivity contribution in [2.45, 2.75) is 43.3 Å². The van der Waals surface area contributed by atoms with Crippen molar-refractivity contribution in [2.75, 3.05) is 10.6 Å². The SMILES string of the molecule is CCCCC(=O)Nc1cccc(SC(C)C(=O)Nc2ccc(Oc3ccccc3)cc2)c1. The molecule has 0 aliphatic carbocycles. The van der Waals surface area contributed by atoms with Gasteiger partial charge in [-0.15, -0.1) is 11.8 Å². The van der Waals surface area contributed by atoms with Crippen LogP contribution in [0.3, 0.4) is 0 Å². The summed E-state index contributed by atoms with van der Waals surface area (Å²) in [7, 11) is 0. The molecule has 0 saturated heterocycles. The first kappa shape index (κ1) is 23.4. The van der Waals surface area contributed by atoms with Crippen LogP contribution in [0.2, 0.25) is 0 Å². The molecule has 0 aromatic heterocycles. The van der Waals surface area contributed by atoms with Gasteiger partial charge in [-0.2, -0.15) is 0 Å². The van der Waals surface area contributed by atoms with Crippen molar-refractivity contribution in [2.24, 2.45) is 0 Å². The van der Waals surface area contributed by atoms with Crippen LogP contribution in [0.1, 0.15) is 33.1 Å². The first-order valence-electron chi connectivity index (χ1n) is 10.7. The zero-order valence-corrected chi connectivity index (χ0v) is 19.2. The number of unbranched alkanes of at least 4 members (excludes halogenated alkanes) is 1. The smallest absolute Gasteiger partial charge is 0.237 e. The maximum Gasteiger partial charge on any atom is 0.237 e. The fourth-order valence-electron chi connectivity index (χ4n) is 2.94. The fraction of sp³-hybridized carbons (Fsp3) is 0.231. The maximum atomic E-state index is 12.6. The van der Waals surface area contributed by atoms with Crippen molar-refractivity contribution in [1.29, 1.82) is 0 Å². The van der Waals surface area contributed by atoms with Gasteiger partial charge in [0.15, 0.2) is 0 Å². The van der Waals surface area contributed by atoms with Gasteiger partial charge in [-0.1, -0.05) is 37.6 Å². The van der Waals surface area contributed by atoms with Crippen LogP contribution in [0.15, 0.2) is 83.8 Å². The predicted molar refractivity (Wildman–Crippen MR) is 132 cm³/mol. The van der Waals surface area contributed by atoms with Crippen LogP contribution in [-0.4, -0.2) is 17.1 Å². The highest BCUT2D eigenvalue weighted by molar-refractivity contribution is 8.00. The Kier molecular flexibility index (Phi) is 8.75. The number of hydrogen-bond donors (Lipinski definition) is 2. The molecule has 0 spiro atoms. The minimum absolute atomic E-state index is 0.0134. The number of benzene rings is 3. The van der Waals surface area contributed by atoms with Crippen LogP contribution in [0.25, 0.3) is 0 Å². The highest BCUT2D eigenvalue weighted by Crippen LogP contribution is 2.27. The Balaban J connectivity index is 1.52. The zero-order valence-electron chi connectivity index (χ0n) is 18.3. The molecule has 166 valence electrons. The highest BCUT2D eigenvalue weighted by Gasteiger charge is 2.15. The van der Waals surface area contributed by atoms with Gasteiger partial charge in [0.25, 0.3) is 0 Å². The second-order valence-corrected chi connectivity index (χ2v) is 8.78. The molecule has 5 nitrogen and oxygen atoms in total. The fourth-order valence-corrected chi connectivity index (χ4v) is 3.87. The van der Waals surface area contributed by atoms with Crippen LogP contribution in [0.4, 0.5) is 11.4 Å². The maximum absolute atomic E-state index is 12.6. The third-order valence-electron chi connectivity index (χ3n) is 4.66. The van der Waals surface area contributed by atoms with E-state index in [0.717, 1.165) is 29.2 Å². The van der Waals surface area contributed by atoms with E-state index in [2.05, 4.69) is 17.6 Å². The number of nitrogens with one attached hydrogen (secondary N) is 2. The van der Waals surface area contributed by atoms with E-state index in [9.17, 15) is 9.59 Å². The van der Waals surface area contributed by atoms with E-state index < -0.39 is 0 Å². The molecule has 0 bridgehead atoms. The summed E-state index contributed by atoms with van der Waals surface area (Å²) >= 11 is 1.45. The Labute approximate surface area is 193 Å². The third kappa shape index (κ3) is 7.46. The molecule has 2 amide bonds. The van der Waals surface area contributed by atoms with Crippen molar-refractivity contribution in [3.8, 4) is 11.5 Å². The first-order chi connectivity index (χ1) is 15.5. The summed E-state index contributed by atoms with van der Waals surface area (Å²) in [6.45, 7) is 3.92. The molecular formula is C26H28N2O3S. The standard InChI is InChI=1S/C26H28N2O3S/c1-3-4-13-25(29)27-21-9-8-12-24(18-21)32-19(2)26(30)28-20-14-16-23(17-15-20)31-22-10-6-5-7-11-22/h5-12,14-19H,3-4,13H2,1-2H3,(H,27,29)(H,28,30). The molecule has 3 rings (SSSR count). The van der Waals surface area contributed by atoms with E-state index in [1.807, 2.05) is 85.8 Å². The van der Waals surface area contributed by atoms with Crippen LogP contribution >= 0.6 is 11.8 Å². The molecule has 0 fully saturated rings. The Morgan fingerprint density at radius 3 is 2.31 bits per heavy atom. The van der Waals surface area contributed by atoms with Crippen molar-refractivity contribution in [3.05, 3.63) is 78.9 Å². The molecule has 0 aliphatic heterocycles. The van der Waals surface area contributed by atoms with Gasteiger partial charge < -0.3 is 15.4 Å². The number of ether oxygens (including phenoxy) is 1. The van der Waals surface area contributed by atoms with E-state index in [-0.39, 0.29) is 17.1 Å². The van der Waals surface area contributed by atoms with Gasteiger partial charge in [-0.3, -0.25) is 9.59 Å². The second-order valence-electron chi connectivity index (χ2n) is 7.37. The molecule has 0 heterocycles. The molecule has 0 aliphatic rings. The monoisotopic (exact) mass is 448 g/mol. The Bertz CT molecular complexity index is 1020. The number of amides is 2. The van der Waals surface area contributed by atoms with E-state index in [1.54, 1.807) is 0 Å². The number of hydrogen-bond acceptors (Lipinski definition) is 4. The topological polar surface area (TPSA) is 67.4 Å². The Morgan fingerprint density at radius 2 is 1.59 bits per heavy atom. The summed E-state index contributed by atoms with van der Waals surface area (Å²) < 4.78 is 5.78. The highest BCUT2D eigenvalue weighted by atomic mass is 32.2. The molecule has 0 radical (unpaired) electrons. The summed E-state index contributed by atoms with van der Waals surface area (Å²) in [6.07, 6.45) is 2.37. The number of thioether (sulfide) groups is 1. The first-order valence-corrected chi connectivity index (χ1v) is 11.6. The lowest BCUT2D eigenvalue weighted by atomic mass is 10.2. The van der Waals surface area contributed by atoms with E-state index >= 15 is 0 Å². The molecule has 2 N–H and O–H groups in total. The van der Waals surface area contributed by atoms with Gasteiger partial charge in [0, 0.05) is 22.7 Å². The van der Waals surface area contributed by atoms with Crippen LogP contribution in [0, 0.1) is 0 Å². The van der Waals surface area contributed by atoms with Gasteiger partial charge in [-0.05, 0) is 67.9 Å². The van der Waals surface area contributed by atoms with Gasteiger partial charge in [-0.25, -0.2) is 0 Å². The average molecular weight is 449 g/mol. The minimum atomic E-state index is -0.304. The van der Waals surface area contributed by atoms with Gasteiger partial charge in [0.05, 0.1) is 5.25 Å². The molecule has 0 saturated carbocycles. The average Bonchev–Trinajstić information content (AvgIpc) is 2.80. The van der Waals surface area contributed by atoms with Crippen molar-refractivity contribution < 1.29 is 14.3 Å². The normalized spacial score (nSPS) is 11.4. The summed E-state index contributed by atoms with van der Waals surface area (Å²) in [5.74, 6) is 1.39. The molecule has 6 heteroatoms. The summed E-state index contributed by atoms with van der Waals surface area (Å²) in [5, 5.41) is 5.55. The number of para-hydroxylation sites is 1. The van der Waals surface area contributed by atoms with Crippen LogP contribution in [-0.2, 0) is 9.59 Å². The Morgan fingerprint density at radius 1 is 0.875 bits per heavy atom. The number of anilines is 2. The zero-order chi connectivity index (χ0) is 22.8. The molecular weight excluding hydrogens is 420 g/mol.